The Bertz CT molecular complexity index is 1470. The van der Waals surface area contributed by atoms with Crippen LogP contribution in [0.4, 0.5) is 10.5 Å². The molecule has 2 aliphatic heterocycles. The summed E-state index contributed by atoms with van der Waals surface area (Å²) in [5, 5.41) is 12.2. The second kappa shape index (κ2) is 12.4. The summed E-state index contributed by atoms with van der Waals surface area (Å²) in [6.07, 6.45) is 4.71. The highest BCUT2D eigenvalue weighted by molar-refractivity contribution is 7.91. The minimum atomic E-state index is -3.15. The molecule has 0 radical (unpaired) electrons. The van der Waals surface area contributed by atoms with Gasteiger partial charge in [-0.3, -0.25) is 4.79 Å². The summed E-state index contributed by atoms with van der Waals surface area (Å²) in [4.78, 5) is 31.7. The Morgan fingerprint density at radius 3 is 2.56 bits per heavy atom. The van der Waals surface area contributed by atoms with Crippen molar-refractivity contribution in [1.82, 2.24) is 14.5 Å². The van der Waals surface area contributed by atoms with Crippen LogP contribution in [0.1, 0.15) is 80.3 Å². The fourth-order valence-corrected chi connectivity index (χ4v) is 6.11. The van der Waals surface area contributed by atoms with Crippen LogP contribution in [0.3, 0.4) is 0 Å². The molecular weight excluding hydrogens is 546 g/mol. The minimum Gasteiger partial charge on any atom is -0.444 e. The number of hydrogen-bond acceptors (Lipinski definition) is 8. The van der Waals surface area contributed by atoms with E-state index in [4.69, 9.17) is 9.47 Å². The van der Waals surface area contributed by atoms with Crippen LogP contribution >= 0.6 is 0 Å². The predicted molar refractivity (Wildman–Crippen MR) is 154 cm³/mol. The zero-order valence-corrected chi connectivity index (χ0v) is 24.8. The van der Waals surface area contributed by atoms with Crippen LogP contribution in [0, 0.1) is 11.3 Å². The number of nitrogens with one attached hydrogen (secondary N) is 1. The first kappa shape index (κ1) is 30.3. The van der Waals surface area contributed by atoms with Crippen molar-refractivity contribution < 1.29 is 27.5 Å². The van der Waals surface area contributed by atoms with E-state index in [0.29, 0.717) is 31.8 Å². The largest absolute Gasteiger partial charge is 0.444 e. The predicted octanol–water partition coefficient (Wildman–Crippen LogP) is 4.32. The molecule has 0 atom stereocenters. The summed E-state index contributed by atoms with van der Waals surface area (Å²) < 4.78 is 36.6. The molecule has 0 unspecified atom stereocenters. The van der Waals surface area contributed by atoms with Crippen LogP contribution in [0.15, 0.2) is 30.5 Å². The number of rotatable bonds is 7. The molecule has 11 nitrogen and oxygen atoms in total. The molecule has 4 rings (SSSR count). The summed E-state index contributed by atoms with van der Waals surface area (Å²) in [6.45, 7) is 9.01. The van der Waals surface area contributed by atoms with E-state index in [-0.39, 0.29) is 41.8 Å². The molecule has 0 bridgehead atoms. The minimum absolute atomic E-state index is 0.0367. The van der Waals surface area contributed by atoms with Gasteiger partial charge in [0.05, 0.1) is 11.5 Å². The molecule has 0 spiro atoms. The summed E-state index contributed by atoms with van der Waals surface area (Å²) in [5.41, 5.74) is 2.73. The normalized spacial score (nSPS) is 17.4. The number of carbonyl (C=O) groups excluding carboxylic acids is 2. The number of nitrogens with zero attached hydrogens (tertiary/aromatic N) is 4. The topological polar surface area (TPSA) is 144 Å². The van der Waals surface area contributed by atoms with Gasteiger partial charge in [-0.15, -0.1) is 0 Å². The van der Waals surface area contributed by atoms with Crippen LogP contribution in [0.5, 0.6) is 0 Å². The number of amides is 2. The van der Waals surface area contributed by atoms with Crippen LogP contribution in [0.2, 0.25) is 0 Å². The second-order valence-corrected chi connectivity index (χ2v) is 13.5. The van der Waals surface area contributed by atoms with Crippen molar-refractivity contribution in [3.63, 3.8) is 0 Å². The number of sulfone groups is 1. The van der Waals surface area contributed by atoms with Gasteiger partial charge in [0.25, 0.3) is 5.91 Å². The van der Waals surface area contributed by atoms with Gasteiger partial charge in [0.15, 0.2) is 15.5 Å². The van der Waals surface area contributed by atoms with Gasteiger partial charge in [-0.05, 0) is 76.1 Å². The van der Waals surface area contributed by atoms with Gasteiger partial charge in [0, 0.05) is 37.1 Å². The number of piperidine rings is 1. The molecule has 3 heterocycles. The number of carbonyl (C=O) groups is 2. The molecule has 220 valence electrons. The first-order valence-corrected chi connectivity index (χ1v) is 15.6. The smallest absolute Gasteiger partial charge is 0.410 e. The van der Waals surface area contributed by atoms with Gasteiger partial charge in [0.2, 0.25) is 5.82 Å². The van der Waals surface area contributed by atoms with E-state index in [2.05, 4.69) is 10.3 Å². The molecular formula is C29H37N5O6S. The number of nitriles is 1. The molecule has 1 aromatic carbocycles. The van der Waals surface area contributed by atoms with E-state index < -0.39 is 21.3 Å². The van der Waals surface area contributed by atoms with E-state index in [1.54, 1.807) is 11.0 Å². The Labute approximate surface area is 241 Å². The molecule has 1 N–H and O–H groups in total. The standard InChI is InChI=1S/C29H37N5O6S/c1-5-39-19-34-18-23(17-30)31-26(34)27(35)32-25-7-6-22(16-24(25)21-10-14-41(37,38)15-11-21)20-8-12-33(13-9-20)28(36)40-29(2,3)4/h6-7,10,16,18,20H,5,8-9,11-15,19H2,1-4H3,(H,32,35). The lowest BCUT2D eigenvalue weighted by atomic mass is 9.87. The number of hydrogen-bond donors (Lipinski definition) is 1. The molecule has 2 aromatic rings. The van der Waals surface area contributed by atoms with Gasteiger partial charge in [0.1, 0.15) is 18.4 Å². The number of benzene rings is 1. The average Bonchev–Trinajstić information content (AvgIpc) is 3.35. The van der Waals surface area contributed by atoms with Crippen molar-refractivity contribution >= 4 is 33.1 Å². The molecule has 2 aliphatic rings. The highest BCUT2D eigenvalue weighted by Crippen LogP contribution is 2.36. The molecule has 2 amide bonds. The number of likely N-dealkylation sites (tertiary alicyclic amines) is 1. The molecule has 41 heavy (non-hydrogen) atoms. The fourth-order valence-electron chi connectivity index (χ4n) is 4.95. The molecule has 1 aromatic heterocycles. The van der Waals surface area contributed by atoms with E-state index in [1.165, 1.54) is 10.8 Å². The zero-order chi connectivity index (χ0) is 29.8. The van der Waals surface area contributed by atoms with Crippen LogP contribution in [-0.2, 0) is 26.0 Å². The van der Waals surface area contributed by atoms with Crippen LogP contribution in [0.25, 0.3) is 5.57 Å². The SMILES string of the molecule is CCOCn1cc(C#N)nc1C(=O)Nc1ccc(C2CCN(C(=O)OC(C)(C)C)CC2)cc1C1=CCS(=O)(=O)CC1. The van der Waals surface area contributed by atoms with Crippen molar-refractivity contribution in [3.05, 3.63) is 53.1 Å². The maximum Gasteiger partial charge on any atom is 0.410 e. The highest BCUT2D eigenvalue weighted by atomic mass is 32.2. The van der Waals surface area contributed by atoms with E-state index in [0.717, 1.165) is 29.5 Å². The summed E-state index contributed by atoms with van der Waals surface area (Å²) in [7, 11) is -3.15. The van der Waals surface area contributed by atoms with Gasteiger partial charge in [-0.1, -0.05) is 12.1 Å². The quantitative estimate of drug-likeness (QED) is 0.508. The first-order chi connectivity index (χ1) is 19.4. The molecule has 0 saturated carbocycles. The summed E-state index contributed by atoms with van der Waals surface area (Å²) in [6, 6.07) is 7.75. The number of allylic oxidation sites excluding steroid dienone is 1. The molecule has 1 fully saturated rings. The third kappa shape index (κ3) is 7.74. The number of anilines is 1. The third-order valence-electron chi connectivity index (χ3n) is 7.05. The van der Waals surface area contributed by atoms with Crippen molar-refractivity contribution in [1.29, 1.82) is 5.26 Å². The molecule has 12 heteroatoms. The fraction of sp³-hybridized carbons (Fsp3) is 0.517. The van der Waals surface area contributed by atoms with Gasteiger partial charge in [-0.25, -0.2) is 18.2 Å². The maximum absolute atomic E-state index is 13.3. The van der Waals surface area contributed by atoms with Gasteiger partial charge in [-0.2, -0.15) is 5.26 Å². The molecule has 1 saturated heterocycles. The Morgan fingerprint density at radius 2 is 1.95 bits per heavy atom. The van der Waals surface area contributed by atoms with Gasteiger partial charge >= 0.3 is 6.09 Å². The number of ether oxygens (including phenoxy) is 2. The average molecular weight is 584 g/mol. The second-order valence-electron chi connectivity index (χ2n) is 11.2. The van der Waals surface area contributed by atoms with Crippen LogP contribution < -0.4 is 5.32 Å². The van der Waals surface area contributed by atoms with E-state index in [9.17, 15) is 23.3 Å². The lowest BCUT2D eigenvalue weighted by molar-refractivity contribution is 0.0204. The first-order valence-electron chi connectivity index (χ1n) is 13.8. The Kier molecular flexibility index (Phi) is 9.19. The summed E-state index contributed by atoms with van der Waals surface area (Å²) >= 11 is 0. The van der Waals surface area contributed by atoms with Crippen molar-refractivity contribution in [2.75, 3.05) is 36.5 Å². The lowest BCUT2D eigenvalue weighted by Gasteiger charge is -2.34. The van der Waals surface area contributed by atoms with E-state index >= 15 is 0 Å². The van der Waals surface area contributed by atoms with Gasteiger partial charge < -0.3 is 24.3 Å². The zero-order valence-electron chi connectivity index (χ0n) is 24.0. The Morgan fingerprint density at radius 1 is 1.22 bits per heavy atom. The lowest BCUT2D eigenvalue weighted by Crippen LogP contribution is -2.41. The molecule has 0 aliphatic carbocycles. The highest BCUT2D eigenvalue weighted by Gasteiger charge is 2.29. The third-order valence-corrected chi connectivity index (χ3v) is 8.55. The van der Waals surface area contributed by atoms with Crippen molar-refractivity contribution in [3.8, 4) is 6.07 Å². The van der Waals surface area contributed by atoms with E-state index in [1.807, 2.05) is 52.0 Å². The van der Waals surface area contributed by atoms with Crippen molar-refractivity contribution in [2.45, 2.75) is 65.2 Å². The monoisotopic (exact) mass is 583 g/mol. The Balaban J connectivity index is 1.59. The summed E-state index contributed by atoms with van der Waals surface area (Å²) in [5.74, 6) is -0.295. The maximum atomic E-state index is 13.3. The van der Waals surface area contributed by atoms with Crippen molar-refractivity contribution in [2.24, 2.45) is 0 Å². The van der Waals surface area contributed by atoms with Crippen LogP contribution in [-0.4, -0.2) is 71.7 Å². The Hall–Kier alpha value is -3.69. The number of aromatic nitrogens is 2. The number of imidazole rings is 1.